The molecule has 0 aliphatic carbocycles. The Hall–Kier alpha value is -3.55. The number of hydrogen-bond donors (Lipinski definition) is 2. The summed E-state index contributed by atoms with van der Waals surface area (Å²) in [4.78, 5) is 13.0. The fourth-order valence-electron chi connectivity index (χ4n) is 3.36. The van der Waals surface area contributed by atoms with E-state index in [0.29, 0.717) is 34.3 Å². The summed E-state index contributed by atoms with van der Waals surface area (Å²) in [6, 6.07) is 13.8. The van der Waals surface area contributed by atoms with Crippen LogP contribution in [0.15, 0.2) is 53.7 Å². The number of piperidine rings is 1. The maximum Gasteiger partial charge on any atom is 0.230 e. The van der Waals surface area contributed by atoms with Gasteiger partial charge in [0.05, 0.1) is 10.5 Å². The first-order valence-corrected chi connectivity index (χ1v) is 12.0. The Bertz CT molecular complexity index is 1250. The van der Waals surface area contributed by atoms with Crippen LogP contribution >= 0.6 is 0 Å². The second kappa shape index (κ2) is 9.30. The lowest BCUT2D eigenvalue weighted by atomic mass is 10.1. The molecule has 2 N–H and O–H groups in total. The zero-order valence-corrected chi connectivity index (χ0v) is 18.3. The van der Waals surface area contributed by atoms with Crippen LogP contribution in [-0.4, -0.2) is 48.8 Å². The summed E-state index contributed by atoms with van der Waals surface area (Å²) >= 11 is 0. The van der Waals surface area contributed by atoms with Crippen LogP contribution in [0.1, 0.15) is 18.4 Å². The van der Waals surface area contributed by atoms with Gasteiger partial charge in [0.2, 0.25) is 5.95 Å². The summed E-state index contributed by atoms with van der Waals surface area (Å²) in [5.74, 6) is 1.26. The van der Waals surface area contributed by atoms with Crippen molar-refractivity contribution < 1.29 is 13.2 Å². The number of benzene rings is 2. The minimum atomic E-state index is -3.26. The highest BCUT2D eigenvalue weighted by atomic mass is 32.2. The third-order valence-corrected chi connectivity index (χ3v) is 6.18. The summed E-state index contributed by atoms with van der Waals surface area (Å²) in [6.07, 6.45) is 4.43. The van der Waals surface area contributed by atoms with Crippen molar-refractivity contribution in [3.05, 3.63) is 54.4 Å². The average molecular weight is 451 g/mol. The molecule has 2 heterocycles. The summed E-state index contributed by atoms with van der Waals surface area (Å²) in [7, 11) is -3.26. The molecule has 1 aliphatic rings. The van der Waals surface area contributed by atoms with E-state index in [4.69, 9.17) is 4.74 Å². The first kappa shape index (κ1) is 21.7. The van der Waals surface area contributed by atoms with Crippen LogP contribution in [0.3, 0.4) is 0 Å². The fraction of sp³-hybridized carbons (Fsp3) is 0.273. The molecule has 0 amide bonds. The number of nitrogens with one attached hydrogen (secondary N) is 2. The molecular formula is C22H22N6O3S. The molecule has 0 saturated carbocycles. The average Bonchev–Trinajstić information content (AvgIpc) is 2.80. The van der Waals surface area contributed by atoms with Crippen molar-refractivity contribution in [2.45, 2.75) is 23.8 Å². The van der Waals surface area contributed by atoms with Gasteiger partial charge in [-0.15, -0.1) is 0 Å². The van der Waals surface area contributed by atoms with E-state index in [2.05, 4.69) is 31.7 Å². The first-order chi connectivity index (χ1) is 15.4. The van der Waals surface area contributed by atoms with E-state index in [1.165, 1.54) is 18.5 Å². The Kier molecular flexibility index (Phi) is 6.30. The third-order valence-electron chi connectivity index (χ3n) is 5.05. The second-order valence-electron chi connectivity index (χ2n) is 7.44. The number of ether oxygens (including phenoxy) is 1. The van der Waals surface area contributed by atoms with Crippen LogP contribution in [0.5, 0.6) is 5.75 Å². The Morgan fingerprint density at radius 1 is 1.12 bits per heavy atom. The normalized spacial score (nSPS) is 14.5. The van der Waals surface area contributed by atoms with E-state index in [-0.39, 0.29) is 11.0 Å². The second-order valence-corrected chi connectivity index (χ2v) is 9.46. The number of nitrogens with zero attached hydrogens (tertiary/aromatic N) is 4. The maximum absolute atomic E-state index is 11.6. The van der Waals surface area contributed by atoms with Crippen LogP contribution in [-0.2, 0) is 9.84 Å². The van der Waals surface area contributed by atoms with E-state index in [0.717, 1.165) is 32.2 Å². The van der Waals surface area contributed by atoms with Gasteiger partial charge in [-0.25, -0.2) is 18.4 Å². The van der Waals surface area contributed by atoms with Gasteiger partial charge in [0.25, 0.3) is 0 Å². The number of nitriles is 1. The number of aromatic nitrogens is 3. The lowest BCUT2D eigenvalue weighted by Gasteiger charge is -2.24. The summed E-state index contributed by atoms with van der Waals surface area (Å²) < 4.78 is 29.2. The van der Waals surface area contributed by atoms with Crippen molar-refractivity contribution in [2.75, 3.05) is 24.7 Å². The zero-order chi connectivity index (χ0) is 22.6. The van der Waals surface area contributed by atoms with Gasteiger partial charge in [-0.05, 0) is 68.4 Å². The lowest BCUT2D eigenvalue weighted by Crippen LogP contribution is -2.34. The molecule has 0 unspecified atom stereocenters. The van der Waals surface area contributed by atoms with Crippen LogP contribution in [0.2, 0.25) is 0 Å². The number of rotatable bonds is 6. The molecule has 32 heavy (non-hydrogen) atoms. The van der Waals surface area contributed by atoms with Gasteiger partial charge in [-0.2, -0.15) is 10.2 Å². The molecule has 2 aromatic carbocycles. The van der Waals surface area contributed by atoms with Crippen LogP contribution < -0.4 is 15.4 Å². The molecule has 0 spiro atoms. The number of anilines is 2. The van der Waals surface area contributed by atoms with Crippen molar-refractivity contribution in [1.29, 1.82) is 5.26 Å². The molecule has 3 aromatic rings. The van der Waals surface area contributed by atoms with Crippen molar-refractivity contribution in [1.82, 2.24) is 20.3 Å². The van der Waals surface area contributed by atoms with E-state index in [9.17, 15) is 13.7 Å². The summed E-state index contributed by atoms with van der Waals surface area (Å²) in [5, 5.41) is 15.9. The Labute approximate surface area is 186 Å². The van der Waals surface area contributed by atoms with E-state index < -0.39 is 9.84 Å². The lowest BCUT2D eigenvalue weighted by molar-refractivity contribution is 0.162. The first-order valence-electron chi connectivity index (χ1n) is 10.1. The van der Waals surface area contributed by atoms with Crippen LogP contribution in [0.25, 0.3) is 11.4 Å². The van der Waals surface area contributed by atoms with E-state index >= 15 is 0 Å². The molecule has 164 valence electrons. The highest BCUT2D eigenvalue weighted by Gasteiger charge is 2.17. The van der Waals surface area contributed by atoms with E-state index in [1.54, 1.807) is 24.3 Å². The molecule has 9 nitrogen and oxygen atoms in total. The quantitative estimate of drug-likeness (QED) is 0.582. The molecule has 0 bridgehead atoms. The standard InChI is InChI=1S/C22H22N6O3S/c1-32(29,30)19-5-3-17(4-6-19)27-22-26-14-25-21(28-22)15-2-7-20(16(12-15)13-23)31-18-8-10-24-11-9-18/h2-7,12,14,18,24H,8-11H2,1H3,(H,25,26,27,28). The molecule has 1 aromatic heterocycles. The van der Waals surface area contributed by atoms with Crippen molar-refractivity contribution in [2.24, 2.45) is 0 Å². The van der Waals surface area contributed by atoms with Gasteiger partial charge in [-0.3, -0.25) is 0 Å². The summed E-state index contributed by atoms with van der Waals surface area (Å²) in [6.45, 7) is 1.81. The highest BCUT2D eigenvalue weighted by Crippen LogP contribution is 2.27. The predicted molar refractivity (Wildman–Crippen MR) is 119 cm³/mol. The van der Waals surface area contributed by atoms with Gasteiger partial charge < -0.3 is 15.4 Å². The molecule has 4 rings (SSSR count). The van der Waals surface area contributed by atoms with Crippen LogP contribution in [0, 0.1) is 11.3 Å². The van der Waals surface area contributed by atoms with Crippen molar-refractivity contribution in [3.8, 4) is 23.2 Å². The minimum Gasteiger partial charge on any atom is -0.489 e. The Balaban J connectivity index is 1.53. The molecule has 10 heteroatoms. The van der Waals surface area contributed by atoms with Gasteiger partial charge in [0, 0.05) is 17.5 Å². The molecular weight excluding hydrogens is 428 g/mol. The maximum atomic E-state index is 11.6. The molecule has 1 fully saturated rings. The Morgan fingerprint density at radius 2 is 1.88 bits per heavy atom. The van der Waals surface area contributed by atoms with Gasteiger partial charge in [-0.1, -0.05) is 0 Å². The largest absolute Gasteiger partial charge is 0.489 e. The fourth-order valence-corrected chi connectivity index (χ4v) is 3.99. The minimum absolute atomic E-state index is 0.0938. The smallest absolute Gasteiger partial charge is 0.230 e. The SMILES string of the molecule is CS(=O)(=O)c1ccc(Nc2ncnc(-c3ccc(OC4CCNCC4)c(C#N)c3)n2)cc1. The van der Waals surface area contributed by atoms with Gasteiger partial charge in [0.1, 0.15) is 24.3 Å². The topological polar surface area (TPSA) is 130 Å². The van der Waals surface area contributed by atoms with Gasteiger partial charge in [0.15, 0.2) is 15.7 Å². The van der Waals surface area contributed by atoms with Crippen molar-refractivity contribution in [3.63, 3.8) is 0 Å². The zero-order valence-electron chi connectivity index (χ0n) is 17.4. The molecule has 0 radical (unpaired) electrons. The van der Waals surface area contributed by atoms with Crippen molar-refractivity contribution >= 4 is 21.5 Å². The van der Waals surface area contributed by atoms with Crippen LogP contribution in [0.4, 0.5) is 11.6 Å². The number of hydrogen-bond acceptors (Lipinski definition) is 9. The molecule has 0 atom stereocenters. The summed E-state index contributed by atoms with van der Waals surface area (Å²) in [5.41, 5.74) is 1.72. The monoisotopic (exact) mass is 450 g/mol. The highest BCUT2D eigenvalue weighted by molar-refractivity contribution is 7.90. The number of sulfone groups is 1. The third kappa shape index (κ3) is 5.19. The Morgan fingerprint density at radius 3 is 2.56 bits per heavy atom. The molecule has 1 saturated heterocycles. The predicted octanol–water partition coefficient (Wildman–Crippen LogP) is 2.69. The van der Waals surface area contributed by atoms with E-state index in [1.807, 2.05) is 6.07 Å². The molecule has 1 aliphatic heterocycles. The van der Waals surface area contributed by atoms with Gasteiger partial charge >= 0.3 is 0 Å².